The number of rotatable bonds is 5. The third kappa shape index (κ3) is 4.17. The van der Waals surface area contributed by atoms with Crippen LogP contribution in [-0.2, 0) is 6.54 Å². The minimum atomic E-state index is -0.489. The molecular formula is C20H15ClFN5O2S. The Hall–Kier alpha value is -3.30. The van der Waals surface area contributed by atoms with Crippen LogP contribution in [0.3, 0.4) is 0 Å². The van der Waals surface area contributed by atoms with Gasteiger partial charge in [0.25, 0.3) is 11.5 Å². The standard InChI is InChI=1S/C20H15ClFN5O2S/c1-11-26-27-18(28)9-13(24-20(27)30-11)10-23-16-5-3-2-4-14(16)19(29)25-17-7-6-12(22)8-15(17)21/h2-9,23H,10H2,1H3,(H,25,29). The number of carbonyl (C=O) groups excluding carboxylic acids is 1. The molecule has 0 saturated carbocycles. The van der Waals surface area contributed by atoms with Crippen LogP contribution in [0, 0.1) is 12.7 Å². The Labute approximate surface area is 179 Å². The summed E-state index contributed by atoms with van der Waals surface area (Å²) < 4.78 is 14.5. The fourth-order valence-electron chi connectivity index (χ4n) is 2.84. The minimum absolute atomic E-state index is 0.103. The molecule has 0 radical (unpaired) electrons. The first-order chi connectivity index (χ1) is 14.4. The molecule has 0 spiro atoms. The zero-order valence-electron chi connectivity index (χ0n) is 15.6. The molecule has 2 aromatic heterocycles. The van der Waals surface area contributed by atoms with Crippen LogP contribution in [0.4, 0.5) is 15.8 Å². The van der Waals surface area contributed by atoms with Crippen molar-refractivity contribution in [2.75, 3.05) is 10.6 Å². The smallest absolute Gasteiger partial charge is 0.275 e. The Bertz CT molecular complexity index is 1320. The summed E-state index contributed by atoms with van der Waals surface area (Å²) in [6, 6.07) is 12.0. The first kappa shape index (κ1) is 20.0. The predicted molar refractivity (Wildman–Crippen MR) is 115 cm³/mol. The van der Waals surface area contributed by atoms with Gasteiger partial charge in [0.2, 0.25) is 4.96 Å². The topological polar surface area (TPSA) is 88.4 Å². The molecule has 10 heteroatoms. The van der Waals surface area contributed by atoms with Crippen molar-refractivity contribution in [1.82, 2.24) is 14.6 Å². The maximum atomic E-state index is 13.2. The zero-order valence-corrected chi connectivity index (χ0v) is 17.2. The molecule has 4 aromatic rings. The summed E-state index contributed by atoms with van der Waals surface area (Å²) in [6.45, 7) is 2.04. The number of para-hydroxylation sites is 1. The number of anilines is 2. The van der Waals surface area contributed by atoms with E-state index in [1.807, 2.05) is 0 Å². The summed E-state index contributed by atoms with van der Waals surface area (Å²) >= 11 is 7.32. The molecular weight excluding hydrogens is 429 g/mol. The number of fused-ring (bicyclic) bond motifs is 1. The number of nitrogens with one attached hydrogen (secondary N) is 2. The van der Waals surface area contributed by atoms with Crippen LogP contribution in [0.2, 0.25) is 5.02 Å². The van der Waals surface area contributed by atoms with Crippen LogP contribution < -0.4 is 16.2 Å². The Morgan fingerprint density at radius 3 is 2.80 bits per heavy atom. The Morgan fingerprint density at radius 1 is 1.20 bits per heavy atom. The van der Waals surface area contributed by atoms with Gasteiger partial charge in [-0.3, -0.25) is 9.59 Å². The summed E-state index contributed by atoms with van der Waals surface area (Å²) in [5.41, 5.74) is 1.48. The molecule has 0 fully saturated rings. The number of halogens is 2. The lowest BCUT2D eigenvalue weighted by Gasteiger charge is -2.13. The predicted octanol–water partition coefficient (Wildman–Crippen LogP) is 4.12. The monoisotopic (exact) mass is 443 g/mol. The van der Waals surface area contributed by atoms with Crippen LogP contribution in [0.5, 0.6) is 0 Å². The van der Waals surface area contributed by atoms with Crippen LogP contribution in [0.25, 0.3) is 4.96 Å². The first-order valence-electron chi connectivity index (χ1n) is 8.86. The fraction of sp³-hybridized carbons (Fsp3) is 0.100. The molecule has 2 N–H and O–H groups in total. The van der Waals surface area contributed by atoms with Crippen LogP contribution in [0.1, 0.15) is 21.1 Å². The van der Waals surface area contributed by atoms with Crippen molar-refractivity contribution < 1.29 is 9.18 Å². The lowest BCUT2D eigenvalue weighted by atomic mass is 10.1. The molecule has 2 heterocycles. The van der Waals surface area contributed by atoms with Gasteiger partial charge in [0, 0.05) is 11.8 Å². The van der Waals surface area contributed by atoms with E-state index >= 15 is 0 Å². The normalized spacial score (nSPS) is 10.9. The van der Waals surface area contributed by atoms with Gasteiger partial charge in [-0.25, -0.2) is 9.37 Å². The van der Waals surface area contributed by atoms with Crippen molar-refractivity contribution in [3.05, 3.63) is 86.0 Å². The van der Waals surface area contributed by atoms with Gasteiger partial charge in [-0.1, -0.05) is 35.1 Å². The van der Waals surface area contributed by atoms with Crippen molar-refractivity contribution >= 4 is 45.2 Å². The maximum Gasteiger partial charge on any atom is 0.275 e. The second-order valence-electron chi connectivity index (χ2n) is 6.38. The molecule has 0 aliphatic rings. The highest BCUT2D eigenvalue weighted by Gasteiger charge is 2.14. The molecule has 1 amide bonds. The van der Waals surface area contributed by atoms with E-state index in [9.17, 15) is 14.0 Å². The first-order valence-corrected chi connectivity index (χ1v) is 10.1. The number of benzene rings is 2. The highest BCUT2D eigenvalue weighted by molar-refractivity contribution is 7.16. The van der Waals surface area contributed by atoms with E-state index in [4.69, 9.17) is 11.6 Å². The lowest BCUT2D eigenvalue weighted by Crippen LogP contribution is -2.18. The zero-order chi connectivity index (χ0) is 21.3. The van der Waals surface area contributed by atoms with Crippen molar-refractivity contribution in [2.45, 2.75) is 13.5 Å². The molecule has 2 aromatic carbocycles. The Balaban J connectivity index is 1.55. The number of carbonyl (C=O) groups is 1. The third-order valence-corrected chi connectivity index (χ3v) is 5.35. The summed E-state index contributed by atoms with van der Waals surface area (Å²) in [7, 11) is 0. The number of aromatic nitrogens is 3. The van der Waals surface area contributed by atoms with Crippen molar-refractivity contribution in [3.8, 4) is 0 Å². The minimum Gasteiger partial charge on any atom is -0.379 e. The summed E-state index contributed by atoms with van der Waals surface area (Å²) in [5, 5.41) is 10.8. The van der Waals surface area contributed by atoms with Gasteiger partial charge >= 0.3 is 0 Å². The van der Waals surface area contributed by atoms with Crippen molar-refractivity contribution in [1.29, 1.82) is 0 Å². The Morgan fingerprint density at radius 2 is 2.00 bits per heavy atom. The molecule has 0 saturated heterocycles. The molecule has 0 aliphatic carbocycles. The van der Waals surface area contributed by atoms with Crippen LogP contribution in [-0.4, -0.2) is 20.5 Å². The summed E-state index contributed by atoms with van der Waals surface area (Å²) in [4.78, 5) is 29.9. The van der Waals surface area contributed by atoms with Gasteiger partial charge < -0.3 is 10.6 Å². The van der Waals surface area contributed by atoms with Gasteiger partial charge in [0.15, 0.2) is 0 Å². The third-order valence-electron chi connectivity index (χ3n) is 4.21. The average molecular weight is 444 g/mol. The van der Waals surface area contributed by atoms with E-state index < -0.39 is 11.7 Å². The van der Waals surface area contributed by atoms with E-state index in [-0.39, 0.29) is 17.1 Å². The van der Waals surface area contributed by atoms with Gasteiger partial charge in [-0.15, -0.1) is 0 Å². The van der Waals surface area contributed by atoms with E-state index in [1.165, 1.54) is 34.1 Å². The molecule has 30 heavy (non-hydrogen) atoms. The molecule has 0 atom stereocenters. The number of amides is 1. The van der Waals surface area contributed by atoms with Crippen molar-refractivity contribution in [2.24, 2.45) is 0 Å². The fourth-order valence-corrected chi connectivity index (χ4v) is 3.83. The van der Waals surface area contributed by atoms with Gasteiger partial charge in [-0.05, 0) is 37.3 Å². The quantitative estimate of drug-likeness (QED) is 0.484. The molecule has 7 nitrogen and oxygen atoms in total. The van der Waals surface area contributed by atoms with Crippen LogP contribution in [0.15, 0.2) is 53.3 Å². The molecule has 0 aliphatic heterocycles. The number of aryl methyl sites for hydroxylation is 1. The molecule has 0 unspecified atom stereocenters. The van der Waals surface area contributed by atoms with Crippen molar-refractivity contribution in [3.63, 3.8) is 0 Å². The highest BCUT2D eigenvalue weighted by Crippen LogP contribution is 2.24. The molecule has 152 valence electrons. The molecule has 4 rings (SSSR count). The lowest BCUT2D eigenvalue weighted by molar-refractivity contribution is 0.102. The van der Waals surface area contributed by atoms with E-state index in [2.05, 4.69) is 20.7 Å². The van der Waals surface area contributed by atoms with Gasteiger partial charge in [0.05, 0.1) is 28.5 Å². The Kier molecular flexibility index (Phi) is 5.47. The number of nitrogens with zero attached hydrogens (tertiary/aromatic N) is 3. The van der Waals surface area contributed by atoms with Gasteiger partial charge in [-0.2, -0.15) is 9.61 Å². The largest absolute Gasteiger partial charge is 0.379 e. The second-order valence-corrected chi connectivity index (χ2v) is 7.95. The summed E-state index contributed by atoms with van der Waals surface area (Å²) in [6.07, 6.45) is 0. The number of hydrogen-bond acceptors (Lipinski definition) is 6. The molecule has 0 bridgehead atoms. The highest BCUT2D eigenvalue weighted by atomic mass is 35.5. The van der Waals surface area contributed by atoms with E-state index in [0.29, 0.717) is 27.6 Å². The van der Waals surface area contributed by atoms with Gasteiger partial charge in [0.1, 0.15) is 10.8 Å². The second kappa shape index (κ2) is 8.21. The summed E-state index contributed by atoms with van der Waals surface area (Å²) in [5.74, 6) is -0.898. The number of hydrogen-bond donors (Lipinski definition) is 2. The van der Waals surface area contributed by atoms with E-state index in [1.54, 1.807) is 31.2 Å². The maximum absolute atomic E-state index is 13.2. The average Bonchev–Trinajstić information content (AvgIpc) is 3.09. The van der Waals surface area contributed by atoms with Crippen LogP contribution >= 0.6 is 22.9 Å². The van der Waals surface area contributed by atoms with E-state index in [0.717, 1.165) is 11.1 Å². The SMILES string of the molecule is Cc1nn2c(=O)cc(CNc3ccccc3C(=O)Nc3ccc(F)cc3Cl)nc2s1.